The molecule has 3 N–H and O–H groups in total. The number of benzene rings is 1. The van der Waals surface area contributed by atoms with Gasteiger partial charge in [-0.2, -0.15) is 0 Å². The summed E-state index contributed by atoms with van der Waals surface area (Å²) in [6.07, 6.45) is 6.32. The van der Waals surface area contributed by atoms with Crippen LogP contribution < -0.4 is 10.6 Å². The number of ether oxygens (including phenoxy) is 1. The molecule has 1 aliphatic rings. The van der Waals surface area contributed by atoms with Crippen molar-refractivity contribution in [3.05, 3.63) is 59.9 Å². The molecule has 0 spiro atoms. The maximum absolute atomic E-state index is 13.4. The fourth-order valence-electron chi connectivity index (χ4n) is 3.56. The first-order chi connectivity index (χ1) is 14.3. The van der Waals surface area contributed by atoms with Crippen LogP contribution in [0, 0.1) is 11.7 Å². The maximum Gasteiger partial charge on any atom is 0.191 e. The molecule has 6 nitrogen and oxygen atoms in total. The molecule has 1 aliphatic heterocycles. The highest BCUT2D eigenvalue weighted by Gasteiger charge is 2.15. The van der Waals surface area contributed by atoms with Gasteiger partial charge in [0, 0.05) is 55.7 Å². The zero-order chi connectivity index (χ0) is 19.9. The zero-order valence-electron chi connectivity index (χ0n) is 16.8. The van der Waals surface area contributed by atoms with Gasteiger partial charge in [0.1, 0.15) is 11.6 Å². The number of H-pyrrole nitrogens is 1. The quantitative estimate of drug-likeness (QED) is 0.237. The van der Waals surface area contributed by atoms with E-state index in [1.54, 1.807) is 6.26 Å². The SMILES string of the molecule is Fc1ccc2c(CCNC(=NCC3CCOC3)NCCc3ccco3)c[nH]c2c1.I. The van der Waals surface area contributed by atoms with Gasteiger partial charge >= 0.3 is 0 Å². The third-order valence-corrected chi connectivity index (χ3v) is 5.19. The van der Waals surface area contributed by atoms with E-state index in [4.69, 9.17) is 14.1 Å². The van der Waals surface area contributed by atoms with Crippen LogP contribution in [-0.2, 0) is 17.6 Å². The van der Waals surface area contributed by atoms with Crippen molar-refractivity contribution in [2.75, 3.05) is 32.8 Å². The summed E-state index contributed by atoms with van der Waals surface area (Å²) in [5.41, 5.74) is 1.98. The van der Waals surface area contributed by atoms with Gasteiger partial charge in [-0.3, -0.25) is 4.99 Å². The molecule has 4 rings (SSSR count). The molecule has 2 aromatic heterocycles. The number of aromatic amines is 1. The Bertz CT molecular complexity index is 936. The number of hydrogen-bond donors (Lipinski definition) is 3. The van der Waals surface area contributed by atoms with Gasteiger partial charge in [-0.15, -0.1) is 24.0 Å². The third kappa shape index (κ3) is 6.21. The molecule has 1 aromatic carbocycles. The number of fused-ring (bicyclic) bond motifs is 1. The Morgan fingerprint density at radius 2 is 2.07 bits per heavy atom. The molecule has 0 amide bonds. The van der Waals surface area contributed by atoms with Crippen LogP contribution >= 0.6 is 24.0 Å². The normalized spacial score (nSPS) is 16.6. The molecule has 30 heavy (non-hydrogen) atoms. The Labute approximate surface area is 192 Å². The summed E-state index contributed by atoms with van der Waals surface area (Å²) in [7, 11) is 0. The fraction of sp³-hybridized carbons (Fsp3) is 0.409. The van der Waals surface area contributed by atoms with Gasteiger partial charge in [0.2, 0.25) is 0 Å². The number of aliphatic imine (C=N–C) groups is 1. The summed E-state index contributed by atoms with van der Waals surface area (Å²) in [4.78, 5) is 7.89. The standard InChI is InChI=1S/C22H27FN4O2.HI/c23-18-3-4-20-17(14-26-21(20)12-18)5-8-24-22(27-13-16-7-11-28-15-16)25-9-6-19-2-1-10-29-19;/h1-4,10,12,14,16,26H,5-9,11,13,15H2,(H2,24,25,27);1H. The molecule has 0 aliphatic carbocycles. The number of nitrogens with zero attached hydrogens (tertiary/aromatic N) is 1. The smallest absolute Gasteiger partial charge is 0.191 e. The van der Waals surface area contributed by atoms with Gasteiger partial charge in [-0.25, -0.2) is 4.39 Å². The van der Waals surface area contributed by atoms with Crippen LogP contribution in [-0.4, -0.2) is 43.8 Å². The summed E-state index contributed by atoms with van der Waals surface area (Å²) in [5.74, 6) is 2.01. The van der Waals surface area contributed by atoms with Crippen LogP contribution in [0.2, 0.25) is 0 Å². The van der Waals surface area contributed by atoms with Crippen molar-refractivity contribution in [2.45, 2.75) is 19.3 Å². The Hall–Kier alpha value is -2.07. The molecule has 1 fully saturated rings. The van der Waals surface area contributed by atoms with E-state index in [9.17, 15) is 4.39 Å². The van der Waals surface area contributed by atoms with Gasteiger partial charge in [0.05, 0.1) is 12.9 Å². The Morgan fingerprint density at radius 3 is 2.83 bits per heavy atom. The van der Waals surface area contributed by atoms with Crippen molar-refractivity contribution in [1.29, 1.82) is 0 Å². The van der Waals surface area contributed by atoms with Crippen LogP contribution in [0.3, 0.4) is 0 Å². The van der Waals surface area contributed by atoms with Crippen LogP contribution in [0.15, 0.2) is 52.2 Å². The second kappa shape index (κ2) is 11.4. The molecule has 0 radical (unpaired) electrons. The lowest BCUT2D eigenvalue weighted by molar-refractivity contribution is 0.187. The monoisotopic (exact) mass is 526 g/mol. The highest BCUT2D eigenvalue weighted by atomic mass is 127. The number of guanidine groups is 1. The average molecular weight is 526 g/mol. The van der Waals surface area contributed by atoms with E-state index in [-0.39, 0.29) is 29.8 Å². The van der Waals surface area contributed by atoms with Crippen molar-refractivity contribution in [1.82, 2.24) is 15.6 Å². The highest BCUT2D eigenvalue weighted by Crippen LogP contribution is 2.19. The van der Waals surface area contributed by atoms with Crippen molar-refractivity contribution in [2.24, 2.45) is 10.9 Å². The minimum Gasteiger partial charge on any atom is -0.469 e. The lowest BCUT2D eigenvalue weighted by atomic mass is 10.1. The van der Waals surface area contributed by atoms with Crippen LogP contribution in [0.5, 0.6) is 0 Å². The summed E-state index contributed by atoms with van der Waals surface area (Å²) < 4.78 is 24.2. The summed E-state index contributed by atoms with van der Waals surface area (Å²) >= 11 is 0. The van der Waals surface area contributed by atoms with Gasteiger partial charge in [0.25, 0.3) is 0 Å². The minimum absolute atomic E-state index is 0. The molecule has 3 heterocycles. The highest BCUT2D eigenvalue weighted by molar-refractivity contribution is 14.0. The summed E-state index contributed by atoms with van der Waals surface area (Å²) in [6.45, 7) is 3.85. The molecule has 1 atom stereocenters. The third-order valence-electron chi connectivity index (χ3n) is 5.19. The van der Waals surface area contributed by atoms with E-state index >= 15 is 0 Å². The van der Waals surface area contributed by atoms with Gasteiger partial charge in [-0.05, 0) is 48.7 Å². The van der Waals surface area contributed by atoms with Crippen molar-refractivity contribution >= 4 is 40.8 Å². The van der Waals surface area contributed by atoms with Gasteiger partial charge in [0.15, 0.2) is 5.96 Å². The fourth-order valence-corrected chi connectivity index (χ4v) is 3.56. The van der Waals surface area contributed by atoms with Crippen LogP contribution in [0.1, 0.15) is 17.7 Å². The molecule has 8 heteroatoms. The van der Waals surface area contributed by atoms with E-state index in [2.05, 4.69) is 15.6 Å². The molecule has 0 saturated carbocycles. The van der Waals surface area contributed by atoms with Gasteiger partial charge < -0.3 is 24.8 Å². The minimum atomic E-state index is -0.227. The molecular weight excluding hydrogens is 498 g/mol. The number of hydrogen-bond acceptors (Lipinski definition) is 3. The number of aromatic nitrogens is 1. The zero-order valence-corrected chi connectivity index (χ0v) is 19.2. The van der Waals surface area contributed by atoms with E-state index in [1.165, 1.54) is 12.1 Å². The molecule has 162 valence electrons. The van der Waals surface area contributed by atoms with Crippen molar-refractivity contribution in [3.63, 3.8) is 0 Å². The van der Waals surface area contributed by atoms with Gasteiger partial charge in [-0.1, -0.05) is 0 Å². The Morgan fingerprint density at radius 1 is 1.20 bits per heavy atom. The number of nitrogens with one attached hydrogen (secondary N) is 3. The van der Waals surface area contributed by atoms with Crippen LogP contribution in [0.25, 0.3) is 10.9 Å². The lowest BCUT2D eigenvalue weighted by Gasteiger charge is -2.13. The Balaban J connectivity index is 0.00000256. The summed E-state index contributed by atoms with van der Waals surface area (Å²) in [5, 5.41) is 7.86. The van der Waals surface area contributed by atoms with Crippen molar-refractivity contribution in [3.8, 4) is 0 Å². The first-order valence-corrected chi connectivity index (χ1v) is 10.2. The van der Waals surface area contributed by atoms with Crippen LogP contribution in [0.4, 0.5) is 4.39 Å². The number of rotatable bonds is 8. The predicted molar refractivity (Wildman–Crippen MR) is 127 cm³/mol. The van der Waals surface area contributed by atoms with E-state index in [0.29, 0.717) is 5.92 Å². The molecular formula is C22H28FIN4O2. The molecule has 3 aromatic rings. The molecule has 0 bridgehead atoms. The number of furan rings is 1. The van der Waals surface area contributed by atoms with E-state index in [1.807, 2.05) is 24.4 Å². The topological polar surface area (TPSA) is 74.6 Å². The molecule has 1 saturated heterocycles. The second-order valence-corrected chi connectivity index (χ2v) is 7.36. The number of halogens is 2. The first-order valence-electron chi connectivity index (χ1n) is 10.2. The lowest BCUT2D eigenvalue weighted by Crippen LogP contribution is -2.39. The van der Waals surface area contributed by atoms with Crippen molar-refractivity contribution < 1.29 is 13.5 Å². The molecule has 1 unspecified atom stereocenters. The Kier molecular flexibility index (Phi) is 8.56. The average Bonchev–Trinajstić information content (AvgIpc) is 3.48. The van der Waals surface area contributed by atoms with E-state index in [0.717, 1.165) is 80.3 Å². The maximum atomic E-state index is 13.4. The first kappa shape index (κ1) is 22.6. The van der Waals surface area contributed by atoms with E-state index < -0.39 is 0 Å². The largest absolute Gasteiger partial charge is 0.469 e. The second-order valence-electron chi connectivity index (χ2n) is 7.36. The summed E-state index contributed by atoms with van der Waals surface area (Å²) in [6, 6.07) is 8.73. The predicted octanol–water partition coefficient (Wildman–Crippen LogP) is 3.87.